The van der Waals surface area contributed by atoms with Crippen molar-refractivity contribution in [3.8, 4) is 0 Å². The summed E-state index contributed by atoms with van der Waals surface area (Å²) in [5.74, 6) is 0. The Morgan fingerprint density at radius 3 is 1.65 bits per heavy atom. The summed E-state index contributed by atoms with van der Waals surface area (Å²) in [7, 11) is 0. The Morgan fingerprint density at radius 1 is 0.765 bits per heavy atom. The lowest BCUT2D eigenvalue weighted by atomic mass is 9.75. The van der Waals surface area contributed by atoms with E-state index >= 15 is 0 Å². The average Bonchev–Trinajstić information content (AvgIpc) is 2.94. The van der Waals surface area contributed by atoms with Gasteiger partial charge in [0.25, 0.3) is 0 Å². The molecule has 0 spiro atoms. The Morgan fingerprint density at radius 2 is 1.29 bits per heavy atom. The summed E-state index contributed by atoms with van der Waals surface area (Å²) in [5, 5.41) is 0. The molecular weight excluding hydrogens is 408 g/mol. The number of hydrogen-bond donors (Lipinski definition) is 0. The Hall–Kier alpha value is -2.60. The van der Waals surface area contributed by atoms with Crippen LogP contribution in [-0.4, -0.2) is 0 Å². The lowest BCUT2D eigenvalue weighted by Gasteiger charge is -2.28. The lowest BCUT2D eigenvalue weighted by Crippen LogP contribution is -2.20. The van der Waals surface area contributed by atoms with Crippen LogP contribution in [0.1, 0.15) is 95.1 Å². The van der Waals surface area contributed by atoms with Crippen LogP contribution in [-0.2, 0) is 5.41 Å². The molecule has 1 aromatic rings. The van der Waals surface area contributed by atoms with Crippen LogP contribution in [0.5, 0.6) is 0 Å². The van der Waals surface area contributed by atoms with Crippen LogP contribution < -0.4 is 0 Å². The van der Waals surface area contributed by atoms with Crippen molar-refractivity contribution >= 4 is 0 Å². The Kier molecular flexibility index (Phi) is 46.2. The van der Waals surface area contributed by atoms with Gasteiger partial charge in [-0.05, 0) is 38.3 Å². The van der Waals surface area contributed by atoms with Crippen LogP contribution in [0.3, 0.4) is 0 Å². The van der Waals surface area contributed by atoms with Gasteiger partial charge in [-0.15, -0.1) is 6.58 Å². The summed E-state index contributed by atoms with van der Waals surface area (Å²) >= 11 is 0. The predicted octanol–water partition coefficient (Wildman–Crippen LogP) is 12.0. The second-order valence-corrected chi connectivity index (χ2v) is 5.88. The summed E-state index contributed by atoms with van der Waals surface area (Å²) in [6, 6.07) is 10.5. The molecule has 0 saturated heterocycles. The van der Waals surface area contributed by atoms with E-state index in [0.29, 0.717) is 0 Å². The van der Waals surface area contributed by atoms with Crippen molar-refractivity contribution in [1.29, 1.82) is 0 Å². The zero-order chi connectivity index (χ0) is 27.7. The molecule has 0 saturated carbocycles. The first-order valence-electron chi connectivity index (χ1n) is 13.2. The Balaban J connectivity index is -0.000000167. The molecular formula is C34H58. The second-order valence-electron chi connectivity index (χ2n) is 5.88. The van der Waals surface area contributed by atoms with Gasteiger partial charge in [0.15, 0.2) is 0 Å². The molecule has 1 atom stereocenters. The van der Waals surface area contributed by atoms with Crippen LogP contribution >= 0.6 is 0 Å². The van der Waals surface area contributed by atoms with Gasteiger partial charge >= 0.3 is 0 Å². The molecule has 0 amide bonds. The fraction of sp³-hybridized carbons (Fsp3) is 0.412. The molecule has 0 fully saturated rings. The Labute approximate surface area is 216 Å². The first-order valence-corrected chi connectivity index (χ1v) is 13.2. The third kappa shape index (κ3) is 22.6. The molecule has 0 aromatic heterocycles. The fourth-order valence-electron chi connectivity index (χ4n) is 2.33. The van der Waals surface area contributed by atoms with Crippen molar-refractivity contribution in [2.45, 2.75) is 94.9 Å². The first-order chi connectivity index (χ1) is 16.6. The van der Waals surface area contributed by atoms with Crippen molar-refractivity contribution in [3.63, 3.8) is 0 Å². The molecule has 0 nitrogen and oxygen atoms in total. The fourth-order valence-corrected chi connectivity index (χ4v) is 2.33. The van der Waals surface area contributed by atoms with Gasteiger partial charge < -0.3 is 0 Å². The minimum absolute atomic E-state index is 0.186. The van der Waals surface area contributed by atoms with Gasteiger partial charge in [0.05, 0.1) is 0 Å². The molecule has 0 aliphatic heterocycles. The van der Waals surface area contributed by atoms with Gasteiger partial charge in [-0.2, -0.15) is 0 Å². The van der Waals surface area contributed by atoms with Crippen molar-refractivity contribution in [1.82, 2.24) is 0 Å². The summed E-state index contributed by atoms with van der Waals surface area (Å²) < 4.78 is 0. The van der Waals surface area contributed by atoms with Gasteiger partial charge in [0.1, 0.15) is 0 Å². The van der Waals surface area contributed by atoms with Crippen molar-refractivity contribution in [2.75, 3.05) is 0 Å². The second kappa shape index (κ2) is 37.7. The standard InChI is InChI=1S/C20H24.C6H10.4C2H6/c1-5-8-9-11-15-18(14-6-2)20(4,7-3)19-16-12-10-13-17-19;1-3-5-6-4-2;4*1-2/h5-17H,3H2,1-2,4H3;3,5-6H,1,4H2,2H3;4*1-2H3/b8-5-,11-9-,14-6-,18-15-;6-5-;;;;. The maximum atomic E-state index is 4.04. The van der Waals surface area contributed by atoms with E-state index in [0.717, 1.165) is 6.42 Å². The van der Waals surface area contributed by atoms with E-state index in [4.69, 9.17) is 0 Å². The molecule has 0 aliphatic rings. The minimum Gasteiger partial charge on any atom is -0.102 e. The molecule has 194 valence electrons. The summed E-state index contributed by atoms with van der Waals surface area (Å²) in [4.78, 5) is 0. The van der Waals surface area contributed by atoms with E-state index in [-0.39, 0.29) is 5.41 Å². The summed E-state index contributed by atoms with van der Waals surface area (Å²) in [5.41, 5.74) is 2.29. The maximum Gasteiger partial charge on any atom is 0.0351 e. The molecule has 0 radical (unpaired) electrons. The van der Waals surface area contributed by atoms with E-state index in [1.807, 2.05) is 106 Å². The summed E-state index contributed by atoms with van der Waals surface area (Å²) in [6.07, 6.45) is 23.4. The van der Waals surface area contributed by atoms with Gasteiger partial charge in [0, 0.05) is 5.41 Å². The number of allylic oxidation sites excluding steroid dienone is 12. The number of hydrogen-bond acceptors (Lipinski definition) is 0. The topological polar surface area (TPSA) is 0 Å². The molecule has 1 rings (SSSR count). The van der Waals surface area contributed by atoms with Gasteiger partial charge in [-0.1, -0.05) is 166 Å². The van der Waals surface area contributed by atoms with Crippen molar-refractivity contribution in [2.24, 2.45) is 0 Å². The first kappa shape index (κ1) is 41.6. The van der Waals surface area contributed by atoms with Gasteiger partial charge in [-0.3, -0.25) is 0 Å². The highest BCUT2D eigenvalue weighted by atomic mass is 14.3. The van der Waals surface area contributed by atoms with Crippen LogP contribution in [0.15, 0.2) is 116 Å². The average molecular weight is 467 g/mol. The lowest BCUT2D eigenvalue weighted by molar-refractivity contribution is 0.724. The van der Waals surface area contributed by atoms with E-state index < -0.39 is 0 Å². The molecule has 0 heterocycles. The smallest absolute Gasteiger partial charge is 0.0351 e. The number of rotatable bonds is 8. The highest BCUT2D eigenvalue weighted by molar-refractivity contribution is 5.46. The van der Waals surface area contributed by atoms with Gasteiger partial charge in [-0.25, -0.2) is 0 Å². The zero-order valence-corrected chi connectivity index (χ0v) is 24.9. The molecule has 0 bridgehead atoms. The third-order valence-electron chi connectivity index (χ3n) is 3.93. The third-order valence-corrected chi connectivity index (χ3v) is 3.93. The molecule has 34 heavy (non-hydrogen) atoms. The quantitative estimate of drug-likeness (QED) is 0.264. The van der Waals surface area contributed by atoms with Crippen LogP contribution in [0, 0.1) is 0 Å². The normalized spacial score (nSPS) is 11.8. The highest BCUT2D eigenvalue weighted by Crippen LogP contribution is 2.34. The zero-order valence-electron chi connectivity index (χ0n) is 24.9. The van der Waals surface area contributed by atoms with Crippen LogP contribution in [0.2, 0.25) is 0 Å². The van der Waals surface area contributed by atoms with E-state index in [1.54, 1.807) is 6.08 Å². The summed E-state index contributed by atoms with van der Waals surface area (Å²) in [6.45, 7) is 31.9. The molecule has 0 aliphatic carbocycles. The molecule has 1 unspecified atom stereocenters. The van der Waals surface area contributed by atoms with Crippen molar-refractivity contribution < 1.29 is 0 Å². The molecule has 0 N–H and O–H groups in total. The number of benzene rings is 1. The van der Waals surface area contributed by atoms with Crippen LogP contribution in [0.25, 0.3) is 0 Å². The Bertz CT molecular complexity index is 651. The van der Waals surface area contributed by atoms with Crippen molar-refractivity contribution in [3.05, 3.63) is 121 Å². The molecule has 0 heteroatoms. The largest absolute Gasteiger partial charge is 0.102 e. The highest BCUT2D eigenvalue weighted by Gasteiger charge is 2.25. The van der Waals surface area contributed by atoms with Crippen LogP contribution in [0.4, 0.5) is 0 Å². The molecule has 1 aromatic carbocycles. The van der Waals surface area contributed by atoms with E-state index in [1.165, 1.54) is 11.1 Å². The van der Waals surface area contributed by atoms with E-state index in [9.17, 15) is 0 Å². The monoisotopic (exact) mass is 466 g/mol. The van der Waals surface area contributed by atoms with E-state index in [2.05, 4.69) is 81.7 Å². The maximum absolute atomic E-state index is 4.04. The SMILES string of the molecule is C=C/C=C\CC.C=CC(C)(C(/C=C\C)=C\C=C/C=C\C)c1ccccc1.CC.CC.CC.CC. The predicted molar refractivity (Wildman–Crippen MR) is 166 cm³/mol. The minimum atomic E-state index is -0.186. The van der Waals surface area contributed by atoms with Gasteiger partial charge in [0.2, 0.25) is 0 Å².